The van der Waals surface area contributed by atoms with Crippen LogP contribution in [0.25, 0.3) is 11.3 Å². The summed E-state index contributed by atoms with van der Waals surface area (Å²) in [7, 11) is 1.87. The van der Waals surface area contributed by atoms with Crippen molar-refractivity contribution >= 4 is 22.3 Å². The summed E-state index contributed by atoms with van der Waals surface area (Å²) >= 11 is 1.35. The van der Waals surface area contributed by atoms with Gasteiger partial charge in [0.1, 0.15) is 0 Å². The zero-order valence-electron chi connectivity index (χ0n) is 14.7. The van der Waals surface area contributed by atoms with Crippen LogP contribution in [0.3, 0.4) is 0 Å². The molecule has 27 heavy (non-hydrogen) atoms. The van der Waals surface area contributed by atoms with Crippen LogP contribution in [0.1, 0.15) is 20.8 Å². The lowest BCUT2D eigenvalue weighted by atomic mass is 10.0. The molecule has 4 rings (SSSR count). The Kier molecular flexibility index (Phi) is 4.76. The highest BCUT2D eigenvalue weighted by Gasteiger charge is 2.14. The van der Waals surface area contributed by atoms with Gasteiger partial charge in [-0.2, -0.15) is 5.10 Å². The van der Waals surface area contributed by atoms with Gasteiger partial charge in [-0.15, -0.1) is 0 Å². The average molecular weight is 375 g/mol. The first-order valence-corrected chi connectivity index (χ1v) is 9.24. The number of aromatic nitrogens is 4. The van der Waals surface area contributed by atoms with Crippen molar-refractivity contribution < 1.29 is 4.79 Å². The molecule has 3 aromatic heterocycles. The third-order valence-electron chi connectivity index (χ3n) is 4.03. The van der Waals surface area contributed by atoms with Crippen LogP contribution in [0.15, 0.2) is 67.3 Å². The first kappa shape index (κ1) is 17.1. The standard InChI is InChI=1S/C20H17N5OS/c1-25-9-7-17(24-25)15-5-2-6-16(10-15)19(26)18-13-23-20(27-18)22-12-14-4-3-8-21-11-14/h2-11,13H,12H2,1H3,(H,22,23). The second-order valence-corrected chi connectivity index (χ2v) is 7.06. The van der Waals surface area contributed by atoms with Crippen LogP contribution in [-0.4, -0.2) is 25.5 Å². The lowest BCUT2D eigenvalue weighted by Gasteiger charge is -2.02. The number of anilines is 1. The monoisotopic (exact) mass is 375 g/mol. The molecule has 0 saturated carbocycles. The fourth-order valence-electron chi connectivity index (χ4n) is 2.67. The van der Waals surface area contributed by atoms with Crippen molar-refractivity contribution in [3.63, 3.8) is 0 Å². The molecule has 0 aliphatic rings. The molecule has 0 spiro atoms. The van der Waals surface area contributed by atoms with E-state index < -0.39 is 0 Å². The van der Waals surface area contributed by atoms with Gasteiger partial charge in [-0.25, -0.2) is 4.98 Å². The van der Waals surface area contributed by atoms with Crippen molar-refractivity contribution in [2.24, 2.45) is 7.05 Å². The van der Waals surface area contributed by atoms with Gasteiger partial charge in [0.15, 0.2) is 5.13 Å². The van der Waals surface area contributed by atoms with E-state index in [2.05, 4.69) is 20.4 Å². The van der Waals surface area contributed by atoms with Gasteiger partial charge in [0.25, 0.3) is 0 Å². The molecular formula is C20H17N5OS. The maximum absolute atomic E-state index is 12.8. The molecule has 0 saturated heterocycles. The summed E-state index contributed by atoms with van der Waals surface area (Å²) in [5, 5.41) is 8.33. The number of pyridine rings is 1. The van der Waals surface area contributed by atoms with E-state index >= 15 is 0 Å². The molecule has 0 bridgehead atoms. The summed E-state index contributed by atoms with van der Waals surface area (Å²) in [4.78, 5) is 21.8. The van der Waals surface area contributed by atoms with Crippen LogP contribution in [0.5, 0.6) is 0 Å². The van der Waals surface area contributed by atoms with Crippen molar-refractivity contribution in [1.82, 2.24) is 19.7 Å². The number of nitrogens with one attached hydrogen (secondary N) is 1. The molecule has 0 aliphatic heterocycles. The lowest BCUT2D eigenvalue weighted by Crippen LogP contribution is -1.99. The number of benzene rings is 1. The normalized spacial score (nSPS) is 10.7. The van der Waals surface area contributed by atoms with Gasteiger partial charge in [0.05, 0.1) is 16.8 Å². The SMILES string of the molecule is Cn1ccc(-c2cccc(C(=O)c3cnc(NCc4cccnc4)s3)c2)n1. The molecule has 0 unspecified atom stereocenters. The van der Waals surface area contributed by atoms with Gasteiger partial charge in [0.2, 0.25) is 5.78 Å². The fourth-order valence-corrected chi connectivity index (χ4v) is 3.45. The number of hydrogen-bond acceptors (Lipinski definition) is 6. The zero-order valence-corrected chi connectivity index (χ0v) is 15.5. The first-order chi connectivity index (χ1) is 13.2. The quantitative estimate of drug-likeness (QED) is 0.519. The van der Waals surface area contributed by atoms with Crippen LogP contribution in [0, 0.1) is 0 Å². The topological polar surface area (TPSA) is 72.7 Å². The second-order valence-electron chi connectivity index (χ2n) is 6.03. The van der Waals surface area contributed by atoms with E-state index in [1.165, 1.54) is 11.3 Å². The number of carbonyl (C=O) groups is 1. The molecule has 0 amide bonds. The Morgan fingerprint density at radius 3 is 2.89 bits per heavy atom. The summed E-state index contributed by atoms with van der Waals surface area (Å²) in [5.41, 5.74) is 3.44. The van der Waals surface area contributed by atoms with Gasteiger partial charge in [-0.3, -0.25) is 14.5 Å². The van der Waals surface area contributed by atoms with E-state index in [4.69, 9.17) is 0 Å². The molecule has 0 radical (unpaired) electrons. The van der Waals surface area contributed by atoms with E-state index in [1.807, 2.05) is 55.7 Å². The number of rotatable bonds is 6. The number of aryl methyl sites for hydroxylation is 1. The molecule has 3 heterocycles. The molecule has 4 aromatic rings. The molecule has 7 heteroatoms. The van der Waals surface area contributed by atoms with Gasteiger partial charge < -0.3 is 5.32 Å². The minimum atomic E-state index is -0.0419. The van der Waals surface area contributed by atoms with E-state index in [-0.39, 0.29) is 5.78 Å². The number of ketones is 1. The highest BCUT2D eigenvalue weighted by atomic mass is 32.1. The number of nitrogens with zero attached hydrogens (tertiary/aromatic N) is 4. The van der Waals surface area contributed by atoms with E-state index in [1.54, 1.807) is 23.3 Å². The molecule has 0 fully saturated rings. The van der Waals surface area contributed by atoms with Crippen molar-refractivity contribution in [2.75, 3.05) is 5.32 Å². The van der Waals surface area contributed by atoms with Crippen LogP contribution < -0.4 is 5.32 Å². The van der Waals surface area contributed by atoms with E-state index in [0.29, 0.717) is 22.1 Å². The Hall–Kier alpha value is -3.32. The highest BCUT2D eigenvalue weighted by molar-refractivity contribution is 7.17. The third-order valence-corrected chi connectivity index (χ3v) is 4.98. The van der Waals surface area contributed by atoms with Crippen molar-refractivity contribution in [3.05, 3.63) is 83.3 Å². The maximum atomic E-state index is 12.8. The van der Waals surface area contributed by atoms with E-state index in [0.717, 1.165) is 16.8 Å². The minimum absolute atomic E-state index is 0.0419. The predicted octanol–water partition coefficient (Wildman–Crippen LogP) is 3.78. The van der Waals surface area contributed by atoms with Crippen molar-refractivity contribution in [1.29, 1.82) is 0 Å². The molecule has 0 atom stereocenters. The van der Waals surface area contributed by atoms with Gasteiger partial charge in [-0.05, 0) is 23.8 Å². The van der Waals surface area contributed by atoms with Crippen LogP contribution in [-0.2, 0) is 13.6 Å². The van der Waals surface area contributed by atoms with Crippen molar-refractivity contribution in [3.8, 4) is 11.3 Å². The first-order valence-electron chi connectivity index (χ1n) is 8.42. The summed E-state index contributed by atoms with van der Waals surface area (Å²) < 4.78 is 1.74. The summed E-state index contributed by atoms with van der Waals surface area (Å²) in [5.74, 6) is -0.0419. The Labute approximate surface area is 160 Å². The van der Waals surface area contributed by atoms with Gasteiger partial charge in [-0.1, -0.05) is 35.6 Å². The minimum Gasteiger partial charge on any atom is -0.357 e. The maximum Gasteiger partial charge on any atom is 0.204 e. The molecular weight excluding hydrogens is 358 g/mol. The molecule has 134 valence electrons. The Bertz CT molecular complexity index is 1070. The Morgan fingerprint density at radius 2 is 2.11 bits per heavy atom. The Morgan fingerprint density at radius 1 is 1.19 bits per heavy atom. The number of thiazole rings is 1. The summed E-state index contributed by atoms with van der Waals surface area (Å²) in [6.07, 6.45) is 7.04. The lowest BCUT2D eigenvalue weighted by molar-refractivity contribution is 0.104. The van der Waals surface area contributed by atoms with Gasteiger partial charge >= 0.3 is 0 Å². The fraction of sp³-hybridized carbons (Fsp3) is 0.100. The van der Waals surface area contributed by atoms with Crippen LogP contribution in [0.4, 0.5) is 5.13 Å². The average Bonchev–Trinajstić information content (AvgIpc) is 3.36. The molecule has 0 aliphatic carbocycles. The van der Waals surface area contributed by atoms with Crippen molar-refractivity contribution in [2.45, 2.75) is 6.54 Å². The second kappa shape index (κ2) is 7.51. The Balaban J connectivity index is 1.49. The summed E-state index contributed by atoms with van der Waals surface area (Å²) in [6, 6.07) is 13.3. The number of carbonyl (C=O) groups excluding carboxylic acids is 1. The molecule has 1 aromatic carbocycles. The predicted molar refractivity (Wildman–Crippen MR) is 106 cm³/mol. The zero-order chi connectivity index (χ0) is 18.6. The van der Waals surface area contributed by atoms with Gasteiger partial charge in [0, 0.05) is 43.3 Å². The summed E-state index contributed by atoms with van der Waals surface area (Å²) in [6.45, 7) is 0.615. The smallest absolute Gasteiger partial charge is 0.204 e. The molecule has 6 nitrogen and oxygen atoms in total. The highest BCUT2D eigenvalue weighted by Crippen LogP contribution is 2.24. The number of hydrogen-bond donors (Lipinski definition) is 1. The third kappa shape index (κ3) is 3.93. The van der Waals surface area contributed by atoms with Crippen LogP contribution >= 0.6 is 11.3 Å². The largest absolute Gasteiger partial charge is 0.357 e. The van der Waals surface area contributed by atoms with E-state index in [9.17, 15) is 4.79 Å². The molecule has 1 N–H and O–H groups in total. The van der Waals surface area contributed by atoms with Crippen LogP contribution in [0.2, 0.25) is 0 Å².